The van der Waals surface area contributed by atoms with Crippen molar-refractivity contribution in [2.75, 3.05) is 0 Å². The van der Waals surface area contributed by atoms with Crippen molar-refractivity contribution in [3.05, 3.63) is 71.3 Å². The van der Waals surface area contributed by atoms with Crippen LogP contribution in [0.2, 0.25) is 5.02 Å². The van der Waals surface area contributed by atoms with Crippen molar-refractivity contribution in [1.82, 2.24) is 14.8 Å². The minimum absolute atomic E-state index is 0.0459. The van der Waals surface area contributed by atoms with Crippen LogP contribution in [0.5, 0.6) is 0 Å². The van der Waals surface area contributed by atoms with Crippen LogP contribution in [0.1, 0.15) is 11.3 Å². The molecule has 3 aromatic rings. The summed E-state index contributed by atoms with van der Waals surface area (Å²) in [5, 5.41) is 12.5. The van der Waals surface area contributed by atoms with E-state index in [2.05, 4.69) is 10.1 Å². The van der Waals surface area contributed by atoms with E-state index in [1.54, 1.807) is 18.5 Å². The lowest BCUT2D eigenvalue weighted by Gasteiger charge is -2.02. The Bertz CT molecular complexity index is 807. The maximum absolute atomic E-state index is 7.45. The number of aromatic nitrogens is 3. The summed E-state index contributed by atoms with van der Waals surface area (Å²) >= 11 is 5.88. The first-order valence-corrected chi connectivity index (χ1v) is 7.07. The third-order valence-corrected chi connectivity index (χ3v) is 3.51. The van der Waals surface area contributed by atoms with E-state index in [0.29, 0.717) is 12.2 Å². The first-order valence-electron chi connectivity index (χ1n) is 6.69. The van der Waals surface area contributed by atoms with Crippen molar-refractivity contribution < 1.29 is 0 Å². The standard InChI is InChI=1S/C16H14ClN5/c17-14-3-1-11(2-4-14)9-22-10-13(8-21-22)12-5-6-20-15(7-12)16(18)19/h1-8,10H,9H2,(H3,18,19). The summed E-state index contributed by atoms with van der Waals surface area (Å²) in [7, 11) is 0. The highest BCUT2D eigenvalue weighted by Crippen LogP contribution is 2.19. The Hall–Kier alpha value is -2.66. The van der Waals surface area contributed by atoms with Crippen LogP contribution in [-0.4, -0.2) is 20.6 Å². The molecule has 5 nitrogen and oxygen atoms in total. The Kier molecular flexibility index (Phi) is 3.89. The fraction of sp³-hybridized carbons (Fsp3) is 0.0625. The second-order valence-electron chi connectivity index (χ2n) is 4.90. The molecule has 0 amide bonds. The molecule has 0 aliphatic carbocycles. The first kappa shape index (κ1) is 14.3. The van der Waals surface area contributed by atoms with Gasteiger partial charge >= 0.3 is 0 Å². The molecule has 0 fully saturated rings. The lowest BCUT2D eigenvalue weighted by atomic mass is 10.1. The summed E-state index contributed by atoms with van der Waals surface area (Å²) < 4.78 is 1.85. The van der Waals surface area contributed by atoms with Crippen LogP contribution in [0.3, 0.4) is 0 Å². The molecule has 0 aliphatic rings. The molecule has 0 atom stereocenters. The van der Waals surface area contributed by atoms with Gasteiger partial charge in [-0.15, -0.1) is 0 Å². The number of hydrogen-bond acceptors (Lipinski definition) is 3. The summed E-state index contributed by atoms with van der Waals surface area (Å²) in [4.78, 5) is 4.06. The number of nitrogens with one attached hydrogen (secondary N) is 1. The van der Waals surface area contributed by atoms with Gasteiger partial charge in [0.2, 0.25) is 0 Å². The van der Waals surface area contributed by atoms with Gasteiger partial charge < -0.3 is 5.73 Å². The van der Waals surface area contributed by atoms with Gasteiger partial charge in [-0.1, -0.05) is 23.7 Å². The quantitative estimate of drug-likeness (QED) is 0.574. The van der Waals surface area contributed by atoms with E-state index >= 15 is 0 Å². The molecule has 3 N–H and O–H groups in total. The zero-order valence-electron chi connectivity index (χ0n) is 11.7. The average Bonchev–Trinajstić information content (AvgIpc) is 2.98. The largest absolute Gasteiger partial charge is 0.382 e. The third-order valence-electron chi connectivity index (χ3n) is 3.26. The smallest absolute Gasteiger partial charge is 0.141 e. The van der Waals surface area contributed by atoms with Crippen LogP contribution < -0.4 is 5.73 Å². The average molecular weight is 312 g/mol. The summed E-state index contributed by atoms with van der Waals surface area (Å²) in [5.41, 5.74) is 8.94. The monoisotopic (exact) mass is 311 g/mol. The van der Waals surface area contributed by atoms with Crippen molar-refractivity contribution >= 4 is 17.4 Å². The molecule has 0 radical (unpaired) electrons. The maximum Gasteiger partial charge on any atom is 0.141 e. The van der Waals surface area contributed by atoms with Crippen molar-refractivity contribution in [3.8, 4) is 11.1 Å². The van der Waals surface area contributed by atoms with E-state index in [9.17, 15) is 0 Å². The molecule has 0 bridgehead atoms. The minimum atomic E-state index is -0.0459. The summed E-state index contributed by atoms with van der Waals surface area (Å²) in [6.07, 6.45) is 5.38. The number of nitrogen functional groups attached to an aromatic ring is 1. The fourth-order valence-corrected chi connectivity index (χ4v) is 2.26. The van der Waals surface area contributed by atoms with E-state index in [-0.39, 0.29) is 5.84 Å². The summed E-state index contributed by atoms with van der Waals surface area (Å²) in [5.74, 6) is -0.0459. The van der Waals surface area contributed by atoms with Crippen LogP contribution in [0.4, 0.5) is 0 Å². The first-order chi connectivity index (χ1) is 10.6. The lowest BCUT2D eigenvalue weighted by Crippen LogP contribution is -2.12. The predicted molar refractivity (Wildman–Crippen MR) is 87.0 cm³/mol. The molecule has 2 heterocycles. The van der Waals surface area contributed by atoms with Crippen molar-refractivity contribution in [2.24, 2.45) is 5.73 Å². The molecule has 0 unspecified atom stereocenters. The molecule has 22 heavy (non-hydrogen) atoms. The van der Waals surface area contributed by atoms with Crippen LogP contribution in [0, 0.1) is 5.41 Å². The number of benzene rings is 1. The molecule has 6 heteroatoms. The van der Waals surface area contributed by atoms with Crippen molar-refractivity contribution in [1.29, 1.82) is 5.41 Å². The Morgan fingerprint density at radius 1 is 1.18 bits per heavy atom. The molecule has 0 saturated carbocycles. The zero-order chi connectivity index (χ0) is 15.5. The van der Waals surface area contributed by atoms with Gasteiger partial charge in [0.25, 0.3) is 0 Å². The van der Waals surface area contributed by atoms with Gasteiger partial charge in [0.05, 0.1) is 12.7 Å². The Morgan fingerprint density at radius 3 is 2.68 bits per heavy atom. The number of amidine groups is 1. The zero-order valence-corrected chi connectivity index (χ0v) is 12.5. The molecule has 0 aliphatic heterocycles. The summed E-state index contributed by atoms with van der Waals surface area (Å²) in [6.45, 7) is 0.668. The van der Waals surface area contributed by atoms with Gasteiger partial charge in [-0.05, 0) is 35.4 Å². The molecular weight excluding hydrogens is 298 g/mol. The molecule has 3 rings (SSSR count). The van der Waals surface area contributed by atoms with Gasteiger partial charge in [0.15, 0.2) is 0 Å². The molecule has 1 aromatic carbocycles. The van der Waals surface area contributed by atoms with E-state index in [1.807, 2.05) is 41.2 Å². The van der Waals surface area contributed by atoms with Gasteiger partial charge in [0.1, 0.15) is 11.5 Å². The molecular formula is C16H14ClN5. The van der Waals surface area contributed by atoms with Crippen LogP contribution in [0.25, 0.3) is 11.1 Å². The van der Waals surface area contributed by atoms with Gasteiger partial charge in [-0.3, -0.25) is 15.1 Å². The van der Waals surface area contributed by atoms with E-state index in [4.69, 9.17) is 22.7 Å². The van der Waals surface area contributed by atoms with Gasteiger partial charge in [-0.2, -0.15) is 5.10 Å². The van der Waals surface area contributed by atoms with E-state index in [0.717, 1.165) is 21.7 Å². The molecule has 2 aromatic heterocycles. The predicted octanol–water partition coefficient (Wildman–Crippen LogP) is 2.93. The number of hydrogen-bond donors (Lipinski definition) is 2. The highest BCUT2D eigenvalue weighted by molar-refractivity contribution is 6.30. The lowest BCUT2D eigenvalue weighted by molar-refractivity contribution is 0.687. The van der Waals surface area contributed by atoms with Gasteiger partial charge in [0, 0.05) is 23.0 Å². The highest BCUT2D eigenvalue weighted by Gasteiger charge is 2.05. The second kappa shape index (κ2) is 5.99. The molecule has 110 valence electrons. The number of nitrogens with zero attached hydrogens (tertiary/aromatic N) is 3. The summed E-state index contributed by atoms with van der Waals surface area (Å²) in [6, 6.07) is 11.3. The topological polar surface area (TPSA) is 80.6 Å². The third kappa shape index (κ3) is 3.15. The number of pyridine rings is 1. The Balaban J connectivity index is 1.83. The minimum Gasteiger partial charge on any atom is -0.382 e. The Labute approximate surface area is 132 Å². The van der Waals surface area contributed by atoms with E-state index < -0.39 is 0 Å². The van der Waals surface area contributed by atoms with Crippen molar-refractivity contribution in [2.45, 2.75) is 6.54 Å². The molecule has 0 spiro atoms. The van der Waals surface area contributed by atoms with Gasteiger partial charge in [-0.25, -0.2) is 0 Å². The number of nitrogens with two attached hydrogens (primary N) is 1. The van der Waals surface area contributed by atoms with Crippen molar-refractivity contribution in [3.63, 3.8) is 0 Å². The highest BCUT2D eigenvalue weighted by atomic mass is 35.5. The normalized spacial score (nSPS) is 10.6. The number of halogens is 1. The van der Waals surface area contributed by atoms with Crippen LogP contribution in [-0.2, 0) is 6.54 Å². The van der Waals surface area contributed by atoms with Crippen LogP contribution >= 0.6 is 11.6 Å². The van der Waals surface area contributed by atoms with E-state index in [1.165, 1.54) is 0 Å². The van der Waals surface area contributed by atoms with Crippen LogP contribution in [0.15, 0.2) is 55.0 Å². The second-order valence-corrected chi connectivity index (χ2v) is 5.33. The SMILES string of the molecule is N=C(N)c1cc(-c2cnn(Cc3ccc(Cl)cc3)c2)ccn1. The fourth-order valence-electron chi connectivity index (χ4n) is 2.13. The maximum atomic E-state index is 7.45. The molecule has 0 saturated heterocycles. The number of rotatable bonds is 4. The Morgan fingerprint density at radius 2 is 1.95 bits per heavy atom.